The van der Waals surface area contributed by atoms with Gasteiger partial charge in [0.15, 0.2) is 0 Å². The molecule has 1 N–H and O–H groups in total. The minimum absolute atomic E-state index is 0.0262. The molecule has 4 nitrogen and oxygen atoms in total. The zero-order chi connectivity index (χ0) is 12.0. The van der Waals surface area contributed by atoms with Crippen LogP contribution in [0.25, 0.3) is 0 Å². The van der Waals surface area contributed by atoms with Crippen molar-refractivity contribution in [3.63, 3.8) is 0 Å². The van der Waals surface area contributed by atoms with Crippen LogP contribution in [0.1, 0.15) is 27.7 Å². The number of carbonyl (C=O) groups is 1. The topological polar surface area (TPSA) is 49.8 Å². The van der Waals surface area contributed by atoms with E-state index in [1.165, 1.54) is 0 Å². The molecule has 0 aromatic heterocycles. The van der Waals surface area contributed by atoms with E-state index in [0.717, 1.165) is 6.54 Å². The zero-order valence-corrected chi connectivity index (χ0v) is 10.4. The van der Waals surface area contributed by atoms with Crippen molar-refractivity contribution in [2.45, 2.75) is 39.8 Å². The lowest BCUT2D eigenvalue weighted by molar-refractivity contribution is -0.143. The van der Waals surface area contributed by atoms with Crippen molar-refractivity contribution >= 4 is 5.97 Å². The van der Waals surface area contributed by atoms with E-state index in [0.29, 0.717) is 6.61 Å². The minimum atomic E-state index is -0.751. The van der Waals surface area contributed by atoms with E-state index in [4.69, 9.17) is 9.84 Å². The third-order valence-electron chi connectivity index (χ3n) is 2.70. The van der Waals surface area contributed by atoms with Crippen LogP contribution in [0, 0.1) is 5.92 Å². The number of nitrogens with zero attached hydrogens (tertiary/aromatic N) is 1. The first-order valence-corrected chi connectivity index (χ1v) is 5.41. The number of hydrogen-bond acceptors (Lipinski definition) is 3. The predicted molar refractivity (Wildman–Crippen MR) is 60.0 cm³/mol. The van der Waals surface area contributed by atoms with E-state index in [2.05, 4.69) is 0 Å². The maximum absolute atomic E-state index is 10.8. The monoisotopic (exact) mass is 217 g/mol. The lowest BCUT2D eigenvalue weighted by Crippen LogP contribution is -2.39. The van der Waals surface area contributed by atoms with E-state index in [1.807, 2.05) is 32.7 Å². The molecule has 2 unspecified atom stereocenters. The summed E-state index contributed by atoms with van der Waals surface area (Å²) in [5, 5.41) is 8.86. The average Bonchev–Trinajstić information content (AvgIpc) is 2.14. The molecule has 0 radical (unpaired) electrons. The second-order valence-electron chi connectivity index (χ2n) is 4.27. The molecule has 0 saturated heterocycles. The van der Waals surface area contributed by atoms with Crippen LogP contribution in [-0.4, -0.2) is 48.3 Å². The summed E-state index contributed by atoms with van der Waals surface area (Å²) in [4.78, 5) is 12.8. The SMILES string of the molecule is CC(C)OCCN(C)C(C)C(C)C(=O)O. The minimum Gasteiger partial charge on any atom is -0.481 e. The van der Waals surface area contributed by atoms with Crippen LogP contribution >= 0.6 is 0 Å². The Hall–Kier alpha value is -0.610. The summed E-state index contributed by atoms with van der Waals surface area (Å²) in [6.07, 6.45) is 0.227. The molecule has 0 spiro atoms. The maximum Gasteiger partial charge on any atom is 0.307 e. The van der Waals surface area contributed by atoms with Gasteiger partial charge in [0, 0.05) is 12.6 Å². The normalized spacial score (nSPS) is 15.7. The summed E-state index contributed by atoms with van der Waals surface area (Å²) >= 11 is 0. The first-order chi connectivity index (χ1) is 6.86. The van der Waals surface area contributed by atoms with Crippen LogP contribution < -0.4 is 0 Å². The molecular formula is C11H23NO3. The zero-order valence-electron chi connectivity index (χ0n) is 10.4. The summed E-state index contributed by atoms with van der Waals surface area (Å²) in [6.45, 7) is 9.04. The van der Waals surface area contributed by atoms with Gasteiger partial charge in [-0.05, 0) is 27.8 Å². The number of hydrogen-bond donors (Lipinski definition) is 1. The lowest BCUT2D eigenvalue weighted by atomic mass is 10.0. The summed E-state index contributed by atoms with van der Waals surface area (Å²) in [6, 6.07) is 0.0262. The molecule has 0 aliphatic heterocycles. The second-order valence-corrected chi connectivity index (χ2v) is 4.27. The Balaban J connectivity index is 3.88. The van der Waals surface area contributed by atoms with Gasteiger partial charge in [0.1, 0.15) is 0 Å². The largest absolute Gasteiger partial charge is 0.481 e. The van der Waals surface area contributed by atoms with Gasteiger partial charge >= 0.3 is 5.97 Å². The highest BCUT2D eigenvalue weighted by atomic mass is 16.5. The van der Waals surface area contributed by atoms with Crippen LogP contribution in [0.4, 0.5) is 0 Å². The highest BCUT2D eigenvalue weighted by Gasteiger charge is 2.22. The van der Waals surface area contributed by atoms with Crippen LogP contribution in [0.3, 0.4) is 0 Å². The molecule has 0 amide bonds. The third kappa shape index (κ3) is 5.74. The Morgan fingerprint density at radius 1 is 1.33 bits per heavy atom. The van der Waals surface area contributed by atoms with Crippen LogP contribution in [0.15, 0.2) is 0 Å². The van der Waals surface area contributed by atoms with Gasteiger partial charge in [0.25, 0.3) is 0 Å². The average molecular weight is 217 g/mol. The second kappa shape index (κ2) is 6.80. The van der Waals surface area contributed by atoms with Crippen LogP contribution in [0.2, 0.25) is 0 Å². The molecule has 0 aromatic carbocycles. The molecule has 0 fully saturated rings. The molecule has 15 heavy (non-hydrogen) atoms. The van der Waals surface area contributed by atoms with Crippen molar-refractivity contribution in [2.24, 2.45) is 5.92 Å². The molecule has 0 heterocycles. The quantitative estimate of drug-likeness (QED) is 0.701. The van der Waals surface area contributed by atoms with Crippen LogP contribution in [0.5, 0.6) is 0 Å². The molecule has 0 aliphatic rings. The summed E-state index contributed by atoms with van der Waals surface area (Å²) in [5.41, 5.74) is 0. The van der Waals surface area contributed by atoms with E-state index in [1.54, 1.807) is 6.92 Å². The van der Waals surface area contributed by atoms with Gasteiger partial charge in [-0.25, -0.2) is 0 Å². The Kier molecular flexibility index (Phi) is 6.52. The van der Waals surface area contributed by atoms with Crippen molar-refractivity contribution in [1.29, 1.82) is 0 Å². The fourth-order valence-corrected chi connectivity index (χ4v) is 1.22. The number of aliphatic carboxylic acids is 1. The summed E-state index contributed by atoms with van der Waals surface area (Å²) < 4.78 is 5.41. The fourth-order valence-electron chi connectivity index (χ4n) is 1.22. The Bertz CT molecular complexity index is 194. The standard InChI is InChI=1S/C11H23NO3/c1-8(2)15-7-6-12(5)10(4)9(3)11(13)14/h8-10H,6-7H2,1-5H3,(H,13,14). The smallest absolute Gasteiger partial charge is 0.307 e. The third-order valence-corrected chi connectivity index (χ3v) is 2.70. The highest BCUT2D eigenvalue weighted by Crippen LogP contribution is 2.09. The first-order valence-electron chi connectivity index (χ1n) is 5.41. The Morgan fingerprint density at radius 2 is 1.87 bits per heavy atom. The van der Waals surface area contributed by atoms with E-state index >= 15 is 0 Å². The van der Waals surface area contributed by atoms with Gasteiger partial charge in [-0.15, -0.1) is 0 Å². The molecule has 0 bridgehead atoms. The van der Waals surface area contributed by atoms with Gasteiger partial charge in [-0.3, -0.25) is 4.79 Å². The fraction of sp³-hybridized carbons (Fsp3) is 0.909. The van der Waals surface area contributed by atoms with Crippen molar-refractivity contribution in [1.82, 2.24) is 4.90 Å². The molecular weight excluding hydrogens is 194 g/mol. The lowest BCUT2D eigenvalue weighted by Gasteiger charge is -2.27. The van der Waals surface area contributed by atoms with Gasteiger partial charge in [0.2, 0.25) is 0 Å². The molecule has 0 saturated carbocycles. The Morgan fingerprint density at radius 3 is 2.27 bits per heavy atom. The summed E-state index contributed by atoms with van der Waals surface area (Å²) in [7, 11) is 1.92. The molecule has 0 rings (SSSR count). The van der Waals surface area contributed by atoms with Crippen molar-refractivity contribution < 1.29 is 14.6 Å². The number of likely N-dealkylation sites (N-methyl/N-ethyl adjacent to an activating group) is 1. The number of carboxylic acid groups (broad SMARTS) is 1. The van der Waals surface area contributed by atoms with Gasteiger partial charge in [-0.1, -0.05) is 6.92 Å². The van der Waals surface area contributed by atoms with Crippen molar-refractivity contribution in [3.05, 3.63) is 0 Å². The van der Waals surface area contributed by atoms with Gasteiger partial charge in [0.05, 0.1) is 18.6 Å². The van der Waals surface area contributed by atoms with E-state index in [9.17, 15) is 4.79 Å². The first kappa shape index (κ1) is 14.4. The van der Waals surface area contributed by atoms with E-state index < -0.39 is 5.97 Å². The van der Waals surface area contributed by atoms with Gasteiger partial charge in [-0.2, -0.15) is 0 Å². The Labute approximate surface area is 92.2 Å². The predicted octanol–water partition coefficient (Wildman–Crippen LogP) is 1.45. The number of ether oxygens (including phenoxy) is 1. The number of carboxylic acids is 1. The van der Waals surface area contributed by atoms with Crippen LogP contribution in [-0.2, 0) is 9.53 Å². The number of rotatable bonds is 7. The highest BCUT2D eigenvalue weighted by molar-refractivity contribution is 5.70. The van der Waals surface area contributed by atoms with Crippen molar-refractivity contribution in [2.75, 3.05) is 20.2 Å². The molecule has 0 aromatic rings. The molecule has 4 heteroatoms. The molecule has 2 atom stereocenters. The molecule has 90 valence electrons. The molecule has 0 aliphatic carbocycles. The van der Waals surface area contributed by atoms with Gasteiger partial charge < -0.3 is 14.7 Å². The summed E-state index contributed by atoms with van der Waals surface area (Å²) in [5.74, 6) is -1.10. The van der Waals surface area contributed by atoms with E-state index in [-0.39, 0.29) is 18.1 Å². The maximum atomic E-state index is 10.8. The van der Waals surface area contributed by atoms with Crippen molar-refractivity contribution in [3.8, 4) is 0 Å².